The molecule has 1 aromatic heterocycles. The lowest BCUT2D eigenvalue weighted by atomic mass is 10.2. The van der Waals surface area contributed by atoms with Crippen molar-refractivity contribution in [3.63, 3.8) is 0 Å². The zero-order valence-electron chi connectivity index (χ0n) is 8.18. The molecule has 0 saturated carbocycles. The molecular formula is C9H13N3O2S. The van der Waals surface area contributed by atoms with E-state index in [1.54, 1.807) is 18.3 Å². The molecule has 3 N–H and O–H groups in total. The van der Waals surface area contributed by atoms with Gasteiger partial charge in [-0.2, -0.15) is 0 Å². The van der Waals surface area contributed by atoms with Crippen molar-refractivity contribution in [1.29, 1.82) is 0 Å². The van der Waals surface area contributed by atoms with E-state index in [4.69, 9.17) is 5.73 Å². The molecule has 1 unspecified atom stereocenters. The van der Waals surface area contributed by atoms with E-state index >= 15 is 0 Å². The molecule has 1 saturated heterocycles. The number of nitrogens with two attached hydrogens (primary N) is 1. The maximum atomic E-state index is 11.2. The molecule has 0 aliphatic carbocycles. The summed E-state index contributed by atoms with van der Waals surface area (Å²) in [4.78, 5) is 4.06. The molecule has 0 aromatic carbocycles. The van der Waals surface area contributed by atoms with Gasteiger partial charge in [0.05, 0.1) is 11.5 Å². The Hall–Kier alpha value is -1.30. The van der Waals surface area contributed by atoms with Gasteiger partial charge in [0.15, 0.2) is 9.84 Å². The van der Waals surface area contributed by atoms with Gasteiger partial charge in [0, 0.05) is 24.0 Å². The quantitative estimate of drug-likeness (QED) is 0.757. The summed E-state index contributed by atoms with van der Waals surface area (Å²) in [6, 6.07) is 3.35. The van der Waals surface area contributed by atoms with E-state index in [1.165, 1.54) is 0 Å². The van der Waals surface area contributed by atoms with Crippen molar-refractivity contribution in [1.82, 2.24) is 4.98 Å². The van der Waals surface area contributed by atoms with Gasteiger partial charge in [0.25, 0.3) is 0 Å². The molecule has 15 heavy (non-hydrogen) atoms. The number of sulfone groups is 1. The molecule has 1 aromatic rings. The van der Waals surface area contributed by atoms with E-state index in [0.717, 1.165) is 0 Å². The Morgan fingerprint density at radius 1 is 1.53 bits per heavy atom. The van der Waals surface area contributed by atoms with Gasteiger partial charge < -0.3 is 11.1 Å². The number of anilines is 2. The zero-order valence-corrected chi connectivity index (χ0v) is 9.00. The van der Waals surface area contributed by atoms with Gasteiger partial charge in [0.1, 0.15) is 5.82 Å². The smallest absolute Gasteiger partial charge is 0.152 e. The number of rotatable bonds is 2. The SMILES string of the molecule is Nc1ccnc(NC2CCS(=O)(=O)C2)c1. The average Bonchev–Trinajstić information content (AvgIpc) is 2.45. The van der Waals surface area contributed by atoms with Gasteiger partial charge in [-0.3, -0.25) is 0 Å². The summed E-state index contributed by atoms with van der Waals surface area (Å²) in [6.07, 6.45) is 2.24. The van der Waals surface area contributed by atoms with Crippen LogP contribution in [0.3, 0.4) is 0 Å². The first-order valence-electron chi connectivity index (χ1n) is 4.74. The first kappa shape index (κ1) is 10.2. The molecule has 0 spiro atoms. The maximum Gasteiger partial charge on any atom is 0.152 e. The number of hydrogen-bond acceptors (Lipinski definition) is 5. The van der Waals surface area contributed by atoms with Crippen LogP contribution in [0.5, 0.6) is 0 Å². The molecule has 1 aliphatic heterocycles. The minimum absolute atomic E-state index is 0.0377. The van der Waals surface area contributed by atoms with Crippen LogP contribution < -0.4 is 11.1 Å². The highest BCUT2D eigenvalue weighted by Crippen LogP contribution is 2.17. The van der Waals surface area contributed by atoms with E-state index < -0.39 is 9.84 Å². The van der Waals surface area contributed by atoms with Crippen LogP contribution in [0.2, 0.25) is 0 Å². The van der Waals surface area contributed by atoms with Gasteiger partial charge >= 0.3 is 0 Å². The van der Waals surface area contributed by atoms with E-state index in [0.29, 0.717) is 17.9 Å². The van der Waals surface area contributed by atoms with Crippen LogP contribution in [-0.2, 0) is 9.84 Å². The summed E-state index contributed by atoms with van der Waals surface area (Å²) >= 11 is 0. The third-order valence-corrected chi connectivity index (χ3v) is 4.14. The van der Waals surface area contributed by atoms with Crippen molar-refractivity contribution >= 4 is 21.3 Å². The Morgan fingerprint density at radius 2 is 2.33 bits per heavy atom. The number of aromatic nitrogens is 1. The molecule has 2 rings (SSSR count). The van der Waals surface area contributed by atoms with Gasteiger partial charge in [-0.1, -0.05) is 0 Å². The Labute approximate surface area is 88.6 Å². The van der Waals surface area contributed by atoms with Crippen molar-refractivity contribution in [2.75, 3.05) is 22.6 Å². The van der Waals surface area contributed by atoms with Crippen molar-refractivity contribution in [2.45, 2.75) is 12.5 Å². The lowest BCUT2D eigenvalue weighted by Gasteiger charge is -2.11. The minimum Gasteiger partial charge on any atom is -0.399 e. The molecule has 2 heterocycles. The Morgan fingerprint density at radius 3 is 2.93 bits per heavy atom. The summed E-state index contributed by atoms with van der Waals surface area (Å²) in [5.41, 5.74) is 6.21. The molecule has 5 nitrogen and oxygen atoms in total. The van der Waals surface area contributed by atoms with Crippen LogP contribution >= 0.6 is 0 Å². The summed E-state index contributed by atoms with van der Waals surface area (Å²) in [6.45, 7) is 0. The lowest BCUT2D eigenvalue weighted by Crippen LogP contribution is -2.21. The Bertz CT molecular complexity index is 458. The monoisotopic (exact) mass is 227 g/mol. The molecule has 1 fully saturated rings. The second kappa shape index (κ2) is 3.69. The van der Waals surface area contributed by atoms with E-state index in [-0.39, 0.29) is 17.5 Å². The van der Waals surface area contributed by atoms with Crippen LogP contribution in [0.4, 0.5) is 11.5 Å². The van der Waals surface area contributed by atoms with Crippen molar-refractivity contribution in [3.05, 3.63) is 18.3 Å². The Kier molecular flexibility index (Phi) is 2.52. The lowest BCUT2D eigenvalue weighted by molar-refractivity contribution is 0.602. The Balaban J connectivity index is 2.05. The second-order valence-corrected chi connectivity index (χ2v) is 5.95. The summed E-state index contributed by atoms with van der Waals surface area (Å²) in [5, 5.41) is 3.07. The summed E-state index contributed by atoms with van der Waals surface area (Å²) < 4.78 is 22.4. The fourth-order valence-electron chi connectivity index (χ4n) is 1.64. The van der Waals surface area contributed by atoms with Gasteiger partial charge in [-0.25, -0.2) is 13.4 Å². The molecule has 0 amide bonds. The van der Waals surface area contributed by atoms with Gasteiger partial charge in [-0.15, -0.1) is 0 Å². The van der Waals surface area contributed by atoms with E-state index in [9.17, 15) is 8.42 Å². The molecule has 6 heteroatoms. The first-order chi connectivity index (χ1) is 7.05. The second-order valence-electron chi connectivity index (χ2n) is 3.72. The highest BCUT2D eigenvalue weighted by atomic mass is 32.2. The fraction of sp³-hybridized carbons (Fsp3) is 0.444. The minimum atomic E-state index is -2.85. The van der Waals surface area contributed by atoms with Crippen LogP contribution in [0.15, 0.2) is 18.3 Å². The van der Waals surface area contributed by atoms with Crippen LogP contribution in [-0.4, -0.2) is 30.9 Å². The first-order valence-corrected chi connectivity index (χ1v) is 6.56. The van der Waals surface area contributed by atoms with Crippen molar-refractivity contribution < 1.29 is 8.42 Å². The van der Waals surface area contributed by atoms with Crippen LogP contribution in [0.25, 0.3) is 0 Å². The molecule has 82 valence electrons. The van der Waals surface area contributed by atoms with E-state index in [2.05, 4.69) is 10.3 Å². The van der Waals surface area contributed by atoms with Crippen molar-refractivity contribution in [2.24, 2.45) is 0 Å². The number of hydrogen-bond donors (Lipinski definition) is 2. The normalized spacial score (nSPS) is 23.9. The third-order valence-electron chi connectivity index (χ3n) is 2.37. The fourth-order valence-corrected chi connectivity index (χ4v) is 3.32. The molecule has 1 aliphatic rings. The topological polar surface area (TPSA) is 85.1 Å². The predicted octanol–water partition coefficient (Wildman–Crippen LogP) is 0.263. The van der Waals surface area contributed by atoms with Gasteiger partial charge in [-0.05, 0) is 12.5 Å². The number of nitrogens with one attached hydrogen (secondary N) is 1. The highest BCUT2D eigenvalue weighted by molar-refractivity contribution is 7.91. The number of nitrogen functional groups attached to an aromatic ring is 1. The molecule has 0 radical (unpaired) electrons. The predicted molar refractivity (Wildman–Crippen MR) is 59.3 cm³/mol. The average molecular weight is 227 g/mol. The molecule has 1 atom stereocenters. The molecule has 0 bridgehead atoms. The van der Waals surface area contributed by atoms with Gasteiger partial charge in [0.2, 0.25) is 0 Å². The standard InChI is InChI=1S/C9H13N3O2S/c10-7-1-3-11-9(5-7)12-8-2-4-15(13,14)6-8/h1,3,5,8H,2,4,6H2,(H3,10,11,12). The largest absolute Gasteiger partial charge is 0.399 e. The van der Waals surface area contributed by atoms with Crippen LogP contribution in [0.1, 0.15) is 6.42 Å². The number of nitrogens with zero attached hydrogens (tertiary/aromatic N) is 1. The van der Waals surface area contributed by atoms with E-state index in [1.807, 2.05) is 0 Å². The van der Waals surface area contributed by atoms with Crippen molar-refractivity contribution in [3.8, 4) is 0 Å². The zero-order chi connectivity index (χ0) is 10.9. The van der Waals surface area contributed by atoms with Crippen LogP contribution in [0, 0.1) is 0 Å². The number of pyridine rings is 1. The maximum absolute atomic E-state index is 11.2. The highest BCUT2D eigenvalue weighted by Gasteiger charge is 2.27. The molecular weight excluding hydrogens is 214 g/mol. The third kappa shape index (κ3) is 2.59. The summed E-state index contributed by atoms with van der Waals surface area (Å²) in [5.74, 6) is 1.08. The summed E-state index contributed by atoms with van der Waals surface area (Å²) in [7, 11) is -2.85.